The van der Waals surface area contributed by atoms with E-state index in [0.717, 1.165) is 0 Å². The normalized spacial score (nSPS) is 10.5. The first-order valence-corrected chi connectivity index (χ1v) is 6.88. The number of amides is 1. The third kappa shape index (κ3) is 3.73. The molecule has 5 heteroatoms. The standard InChI is InChI=1S/C16H15ClFNO2/c1-10(2)21-14-9-4-3-6-11(14)16(20)19-13-8-5-7-12(17)15(13)18/h3-10H,1-2H3,(H,19,20). The number of hydrogen-bond acceptors (Lipinski definition) is 2. The summed E-state index contributed by atoms with van der Waals surface area (Å²) in [5.74, 6) is -0.658. The van der Waals surface area contributed by atoms with E-state index >= 15 is 0 Å². The largest absolute Gasteiger partial charge is 0.490 e. The first-order chi connectivity index (χ1) is 9.99. The van der Waals surface area contributed by atoms with Gasteiger partial charge in [-0.3, -0.25) is 4.79 Å². The van der Waals surface area contributed by atoms with Crippen LogP contribution in [0, 0.1) is 5.82 Å². The number of benzene rings is 2. The molecule has 2 aromatic carbocycles. The van der Waals surface area contributed by atoms with E-state index in [1.165, 1.54) is 12.1 Å². The molecule has 0 atom stereocenters. The van der Waals surface area contributed by atoms with E-state index < -0.39 is 11.7 Å². The van der Waals surface area contributed by atoms with Gasteiger partial charge in [0.25, 0.3) is 5.91 Å². The number of para-hydroxylation sites is 1. The highest BCUT2D eigenvalue weighted by molar-refractivity contribution is 6.31. The lowest BCUT2D eigenvalue weighted by Gasteiger charge is -2.14. The van der Waals surface area contributed by atoms with E-state index in [2.05, 4.69) is 5.32 Å². The molecule has 0 aliphatic heterocycles. The number of carbonyl (C=O) groups excluding carboxylic acids is 1. The van der Waals surface area contributed by atoms with Crippen molar-refractivity contribution in [3.8, 4) is 5.75 Å². The highest BCUT2D eigenvalue weighted by Gasteiger charge is 2.15. The van der Waals surface area contributed by atoms with Crippen LogP contribution in [-0.2, 0) is 0 Å². The Bertz CT molecular complexity index is 658. The molecule has 0 heterocycles. The molecule has 0 radical (unpaired) electrons. The minimum atomic E-state index is -0.658. The molecule has 0 fully saturated rings. The van der Waals surface area contributed by atoms with E-state index in [-0.39, 0.29) is 16.8 Å². The fourth-order valence-electron chi connectivity index (χ4n) is 1.80. The van der Waals surface area contributed by atoms with Crippen molar-refractivity contribution in [2.24, 2.45) is 0 Å². The van der Waals surface area contributed by atoms with Gasteiger partial charge in [-0.2, -0.15) is 0 Å². The Kier molecular flexibility index (Phi) is 4.81. The van der Waals surface area contributed by atoms with Gasteiger partial charge in [-0.1, -0.05) is 29.8 Å². The SMILES string of the molecule is CC(C)Oc1ccccc1C(=O)Nc1cccc(Cl)c1F. The Morgan fingerprint density at radius 2 is 1.90 bits per heavy atom. The van der Waals surface area contributed by atoms with Crippen LogP contribution in [0.4, 0.5) is 10.1 Å². The first kappa shape index (κ1) is 15.3. The van der Waals surface area contributed by atoms with E-state index in [0.29, 0.717) is 11.3 Å². The van der Waals surface area contributed by atoms with E-state index in [4.69, 9.17) is 16.3 Å². The molecular formula is C16H15ClFNO2. The lowest BCUT2D eigenvalue weighted by atomic mass is 10.1. The number of carbonyl (C=O) groups is 1. The van der Waals surface area contributed by atoms with Gasteiger partial charge in [-0.25, -0.2) is 4.39 Å². The summed E-state index contributed by atoms with van der Waals surface area (Å²) in [7, 11) is 0. The van der Waals surface area contributed by atoms with Gasteiger partial charge in [-0.15, -0.1) is 0 Å². The predicted octanol–water partition coefficient (Wildman–Crippen LogP) is 4.52. The van der Waals surface area contributed by atoms with Crippen molar-refractivity contribution >= 4 is 23.2 Å². The van der Waals surface area contributed by atoms with Gasteiger partial charge < -0.3 is 10.1 Å². The Morgan fingerprint density at radius 1 is 1.19 bits per heavy atom. The van der Waals surface area contributed by atoms with Crippen LogP contribution in [-0.4, -0.2) is 12.0 Å². The fraction of sp³-hybridized carbons (Fsp3) is 0.188. The summed E-state index contributed by atoms with van der Waals surface area (Å²) in [5, 5.41) is 2.46. The van der Waals surface area contributed by atoms with Crippen LogP contribution in [0.5, 0.6) is 5.75 Å². The van der Waals surface area contributed by atoms with Gasteiger partial charge in [0.15, 0.2) is 5.82 Å². The molecule has 0 saturated heterocycles. The minimum Gasteiger partial charge on any atom is -0.490 e. The summed E-state index contributed by atoms with van der Waals surface area (Å²) in [6, 6.07) is 11.2. The number of hydrogen-bond donors (Lipinski definition) is 1. The summed E-state index contributed by atoms with van der Waals surface area (Å²) in [5.41, 5.74) is 0.373. The van der Waals surface area contributed by atoms with Crippen LogP contribution in [0.1, 0.15) is 24.2 Å². The molecule has 2 rings (SSSR count). The quantitative estimate of drug-likeness (QED) is 0.902. The second-order valence-electron chi connectivity index (χ2n) is 4.72. The molecule has 3 nitrogen and oxygen atoms in total. The number of anilines is 1. The van der Waals surface area contributed by atoms with Gasteiger partial charge in [0.05, 0.1) is 22.4 Å². The van der Waals surface area contributed by atoms with Crippen LogP contribution in [0.15, 0.2) is 42.5 Å². The fourth-order valence-corrected chi connectivity index (χ4v) is 1.98. The van der Waals surface area contributed by atoms with Crippen molar-refractivity contribution in [1.29, 1.82) is 0 Å². The lowest BCUT2D eigenvalue weighted by Crippen LogP contribution is -2.16. The van der Waals surface area contributed by atoms with Crippen molar-refractivity contribution in [2.75, 3.05) is 5.32 Å². The molecule has 1 N–H and O–H groups in total. The van der Waals surface area contributed by atoms with Crippen LogP contribution >= 0.6 is 11.6 Å². The Hall–Kier alpha value is -2.07. The molecule has 0 unspecified atom stereocenters. The topological polar surface area (TPSA) is 38.3 Å². The summed E-state index contributed by atoms with van der Waals surface area (Å²) in [6.45, 7) is 3.73. The monoisotopic (exact) mass is 307 g/mol. The number of nitrogens with one attached hydrogen (secondary N) is 1. The average Bonchev–Trinajstić information content (AvgIpc) is 2.44. The van der Waals surface area contributed by atoms with Crippen LogP contribution in [0.25, 0.3) is 0 Å². The van der Waals surface area contributed by atoms with Gasteiger partial charge in [-0.05, 0) is 38.1 Å². The molecule has 0 aliphatic rings. The zero-order chi connectivity index (χ0) is 15.4. The highest BCUT2D eigenvalue weighted by atomic mass is 35.5. The third-order valence-corrected chi connectivity index (χ3v) is 2.99. The van der Waals surface area contributed by atoms with Crippen LogP contribution in [0.3, 0.4) is 0 Å². The van der Waals surface area contributed by atoms with Gasteiger partial charge in [0.2, 0.25) is 0 Å². The van der Waals surface area contributed by atoms with Crippen molar-refractivity contribution in [1.82, 2.24) is 0 Å². The summed E-state index contributed by atoms with van der Waals surface area (Å²) >= 11 is 5.69. The molecule has 110 valence electrons. The second kappa shape index (κ2) is 6.59. The maximum atomic E-state index is 13.8. The van der Waals surface area contributed by atoms with Crippen molar-refractivity contribution in [3.05, 3.63) is 58.9 Å². The Morgan fingerprint density at radius 3 is 2.62 bits per heavy atom. The molecule has 0 aliphatic carbocycles. The Balaban J connectivity index is 2.27. The molecule has 0 spiro atoms. The van der Waals surface area contributed by atoms with Crippen molar-refractivity contribution < 1.29 is 13.9 Å². The lowest BCUT2D eigenvalue weighted by molar-refractivity contribution is 0.102. The summed E-state index contributed by atoms with van der Waals surface area (Å²) in [6.07, 6.45) is -0.0677. The van der Waals surface area contributed by atoms with Crippen LogP contribution in [0.2, 0.25) is 5.02 Å². The summed E-state index contributed by atoms with van der Waals surface area (Å²) in [4.78, 5) is 12.3. The second-order valence-corrected chi connectivity index (χ2v) is 5.13. The molecule has 1 amide bonds. The third-order valence-electron chi connectivity index (χ3n) is 2.69. The van der Waals surface area contributed by atoms with Crippen LogP contribution < -0.4 is 10.1 Å². The maximum absolute atomic E-state index is 13.8. The highest BCUT2D eigenvalue weighted by Crippen LogP contribution is 2.25. The number of halogens is 2. The molecule has 0 bridgehead atoms. The van der Waals surface area contributed by atoms with Crippen molar-refractivity contribution in [3.63, 3.8) is 0 Å². The average molecular weight is 308 g/mol. The molecule has 0 saturated carbocycles. The van der Waals surface area contributed by atoms with E-state index in [1.54, 1.807) is 30.3 Å². The first-order valence-electron chi connectivity index (χ1n) is 6.50. The zero-order valence-corrected chi connectivity index (χ0v) is 12.4. The van der Waals surface area contributed by atoms with E-state index in [1.807, 2.05) is 13.8 Å². The molecule has 2 aromatic rings. The molecule has 0 aromatic heterocycles. The Labute approximate surface area is 127 Å². The van der Waals surface area contributed by atoms with Gasteiger partial charge in [0.1, 0.15) is 5.75 Å². The van der Waals surface area contributed by atoms with Gasteiger partial charge >= 0.3 is 0 Å². The molecular weight excluding hydrogens is 293 g/mol. The predicted molar refractivity (Wildman–Crippen MR) is 81.6 cm³/mol. The number of ether oxygens (including phenoxy) is 1. The van der Waals surface area contributed by atoms with E-state index in [9.17, 15) is 9.18 Å². The zero-order valence-electron chi connectivity index (χ0n) is 11.7. The summed E-state index contributed by atoms with van der Waals surface area (Å²) < 4.78 is 19.4. The number of rotatable bonds is 4. The minimum absolute atomic E-state index is 0.0341. The maximum Gasteiger partial charge on any atom is 0.259 e. The van der Waals surface area contributed by atoms with Gasteiger partial charge in [0, 0.05) is 0 Å². The van der Waals surface area contributed by atoms with Crippen molar-refractivity contribution in [2.45, 2.75) is 20.0 Å². The smallest absolute Gasteiger partial charge is 0.259 e. The molecule has 21 heavy (non-hydrogen) atoms.